The van der Waals surface area contributed by atoms with Gasteiger partial charge in [0, 0.05) is 0 Å². The number of rotatable bonds is 10. The number of unbranched alkanes of at least 4 members (excludes halogenated alkanes) is 1. The molecule has 1 atom stereocenters. The molecule has 0 spiro atoms. The van der Waals surface area contributed by atoms with Crippen LogP contribution in [0.4, 0.5) is 0 Å². The third-order valence-corrected chi connectivity index (χ3v) is 7.07. The van der Waals surface area contributed by atoms with Crippen molar-refractivity contribution >= 4 is 23.4 Å². The van der Waals surface area contributed by atoms with Crippen molar-refractivity contribution in [2.24, 2.45) is 4.99 Å². The molecular formula is C29H32N2O5S. The lowest BCUT2D eigenvalue weighted by Gasteiger charge is -2.25. The maximum absolute atomic E-state index is 13.8. The fourth-order valence-corrected chi connectivity index (χ4v) is 5.31. The van der Waals surface area contributed by atoms with Crippen LogP contribution >= 0.6 is 11.3 Å². The number of carbonyl (C=O) groups excluding carboxylic acids is 1. The predicted molar refractivity (Wildman–Crippen MR) is 145 cm³/mol. The summed E-state index contributed by atoms with van der Waals surface area (Å²) in [6.45, 7) is 7.11. The number of methoxy groups -OCH3 is 1. The average Bonchev–Trinajstić information content (AvgIpc) is 3.23. The van der Waals surface area contributed by atoms with E-state index in [2.05, 4.69) is 6.92 Å². The molecule has 0 radical (unpaired) electrons. The Balaban J connectivity index is 1.85. The van der Waals surface area contributed by atoms with Gasteiger partial charge in [-0.2, -0.15) is 0 Å². The lowest BCUT2D eigenvalue weighted by molar-refractivity contribution is -0.136. The van der Waals surface area contributed by atoms with Gasteiger partial charge in [-0.05, 0) is 49.1 Å². The SMILES string of the molecule is CCCCOc1ccc(/C=c2\sc3n(c2=O)[C@@H](c2ccccc2)C(C(=O)OC)=C(CC)N=3)cc1OCC. The van der Waals surface area contributed by atoms with E-state index < -0.39 is 12.0 Å². The maximum Gasteiger partial charge on any atom is 0.338 e. The summed E-state index contributed by atoms with van der Waals surface area (Å²) >= 11 is 1.31. The zero-order valence-corrected chi connectivity index (χ0v) is 22.5. The predicted octanol–water partition coefficient (Wildman–Crippen LogP) is 4.38. The van der Waals surface area contributed by atoms with E-state index in [0.29, 0.717) is 51.7 Å². The van der Waals surface area contributed by atoms with Crippen molar-refractivity contribution in [3.8, 4) is 11.5 Å². The molecule has 0 unspecified atom stereocenters. The molecule has 1 aliphatic heterocycles. The summed E-state index contributed by atoms with van der Waals surface area (Å²) in [6, 6.07) is 14.6. The third kappa shape index (κ3) is 5.54. The third-order valence-electron chi connectivity index (χ3n) is 6.09. The Morgan fingerprint density at radius 3 is 2.54 bits per heavy atom. The van der Waals surface area contributed by atoms with E-state index >= 15 is 0 Å². The number of aromatic nitrogens is 1. The molecule has 4 rings (SSSR count). The largest absolute Gasteiger partial charge is 0.490 e. The molecule has 0 bridgehead atoms. The van der Waals surface area contributed by atoms with Gasteiger partial charge in [0.25, 0.3) is 5.56 Å². The lowest BCUT2D eigenvalue weighted by Crippen LogP contribution is -2.40. The molecule has 0 amide bonds. The molecule has 7 nitrogen and oxygen atoms in total. The summed E-state index contributed by atoms with van der Waals surface area (Å²) in [5.74, 6) is 0.848. The van der Waals surface area contributed by atoms with Gasteiger partial charge in [-0.15, -0.1) is 0 Å². The molecule has 0 saturated carbocycles. The Morgan fingerprint density at radius 1 is 1.08 bits per heavy atom. The van der Waals surface area contributed by atoms with Crippen molar-refractivity contribution in [2.45, 2.75) is 46.1 Å². The van der Waals surface area contributed by atoms with E-state index in [1.807, 2.05) is 68.5 Å². The number of ether oxygens (including phenoxy) is 3. The number of benzene rings is 2. The average molecular weight is 521 g/mol. The molecule has 0 aliphatic carbocycles. The molecule has 1 aromatic heterocycles. The first-order valence-corrected chi connectivity index (χ1v) is 13.4. The molecular weight excluding hydrogens is 488 g/mol. The van der Waals surface area contributed by atoms with E-state index in [4.69, 9.17) is 19.2 Å². The van der Waals surface area contributed by atoms with Gasteiger partial charge >= 0.3 is 5.97 Å². The summed E-state index contributed by atoms with van der Waals surface area (Å²) in [4.78, 5) is 31.9. The molecule has 194 valence electrons. The monoisotopic (exact) mass is 520 g/mol. The second-order valence-electron chi connectivity index (χ2n) is 8.54. The molecule has 8 heteroatoms. The normalized spacial score (nSPS) is 15.2. The van der Waals surface area contributed by atoms with Crippen molar-refractivity contribution < 1.29 is 19.0 Å². The van der Waals surface area contributed by atoms with Crippen LogP contribution in [0.15, 0.2) is 69.6 Å². The van der Waals surface area contributed by atoms with Crippen molar-refractivity contribution in [3.63, 3.8) is 0 Å². The minimum absolute atomic E-state index is 0.213. The second-order valence-corrected chi connectivity index (χ2v) is 9.55. The number of thiazole rings is 1. The van der Waals surface area contributed by atoms with Gasteiger partial charge in [-0.1, -0.05) is 68.0 Å². The van der Waals surface area contributed by atoms with Gasteiger partial charge in [-0.25, -0.2) is 9.79 Å². The Hall–Kier alpha value is -3.65. The highest BCUT2D eigenvalue weighted by molar-refractivity contribution is 7.07. The Bertz CT molecular complexity index is 1470. The number of nitrogens with zero attached hydrogens (tertiary/aromatic N) is 2. The van der Waals surface area contributed by atoms with Crippen LogP contribution in [0.5, 0.6) is 11.5 Å². The Labute approximate surface area is 220 Å². The number of hydrogen-bond acceptors (Lipinski definition) is 7. The van der Waals surface area contributed by atoms with E-state index in [0.717, 1.165) is 24.0 Å². The number of esters is 1. The lowest BCUT2D eigenvalue weighted by atomic mass is 9.95. The van der Waals surface area contributed by atoms with Gasteiger partial charge in [-0.3, -0.25) is 9.36 Å². The highest BCUT2D eigenvalue weighted by Crippen LogP contribution is 2.32. The minimum atomic E-state index is -0.615. The van der Waals surface area contributed by atoms with Crippen molar-refractivity contribution in [1.29, 1.82) is 0 Å². The quantitative estimate of drug-likeness (QED) is 0.293. The van der Waals surface area contributed by atoms with Crippen molar-refractivity contribution in [2.75, 3.05) is 20.3 Å². The van der Waals surface area contributed by atoms with Gasteiger partial charge in [0.15, 0.2) is 16.3 Å². The summed E-state index contributed by atoms with van der Waals surface area (Å²) in [5.41, 5.74) is 2.44. The highest BCUT2D eigenvalue weighted by atomic mass is 32.1. The van der Waals surface area contributed by atoms with E-state index in [-0.39, 0.29) is 5.56 Å². The van der Waals surface area contributed by atoms with Gasteiger partial charge in [0.1, 0.15) is 0 Å². The first-order valence-electron chi connectivity index (χ1n) is 12.6. The van der Waals surface area contributed by atoms with E-state index in [1.54, 1.807) is 4.57 Å². The van der Waals surface area contributed by atoms with Crippen LogP contribution in [0.2, 0.25) is 0 Å². The zero-order valence-electron chi connectivity index (χ0n) is 21.7. The molecule has 0 fully saturated rings. The van der Waals surface area contributed by atoms with Crippen LogP contribution < -0.4 is 24.4 Å². The van der Waals surface area contributed by atoms with E-state index in [1.165, 1.54) is 18.4 Å². The topological polar surface area (TPSA) is 79.1 Å². The van der Waals surface area contributed by atoms with Gasteiger partial charge in [0.05, 0.1) is 42.2 Å². The van der Waals surface area contributed by atoms with Crippen LogP contribution in [0, 0.1) is 0 Å². The van der Waals surface area contributed by atoms with Crippen LogP contribution in [0.1, 0.15) is 57.2 Å². The summed E-state index contributed by atoms with van der Waals surface area (Å²) in [7, 11) is 1.35. The number of fused-ring (bicyclic) bond motifs is 1. The van der Waals surface area contributed by atoms with Gasteiger partial charge in [0.2, 0.25) is 0 Å². The number of hydrogen-bond donors (Lipinski definition) is 0. The minimum Gasteiger partial charge on any atom is -0.490 e. The fraction of sp³-hybridized carbons (Fsp3) is 0.345. The molecule has 2 heterocycles. The zero-order chi connectivity index (χ0) is 26.4. The molecule has 0 saturated heterocycles. The smallest absolute Gasteiger partial charge is 0.338 e. The number of carbonyl (C=O) groups is 1. The summed E-state index contributed by atoms with van der Waals surface area (Å²) in [6.07, 6.45) is 4.38. The van der Waals surface area contributed by atoms with Crippen LogP contribution in [-0.2, 0) is 9.53 Å². The standard InChI is InChI=1S/C29H32N2O5S/c1-5-8-16-36-22-15-14-19(17-23(22)35-7-3)18-24-27(32)31-26(20-12-10-9-11-13-20)25(28(33)34-4)21(6-2)30-29(31)37-24/h9-15,17-18,26H,5-8,16H2,1-4H3/b24-18-/t26-/m0/s1. The van der Waals surface area contributed by atoms with Crippen LogP contribution in [0.3, 0.4) is 0 Å². The van der Waals surface area contributed by atoms with E-state index in [9.17, 15) is 9.59 Å². The van der Waals surface area contributed by atoms with Crippen LogP contribution in [-0.4, -0.2) is 30.9 Å². The molecule has 37 heavy (non-hydrogen) atoms. The Morgan fingerprint density at radius 2 is 1.86 bits per heavy atom. The van der Waals surface area contributed by atoms with Crippen molar-refractivity contribution in [3.05, 3.63) is 90.6 Å². The van der Waals surface area contributed by atoms with Gasteiger partial charge < -0.3 is 14.2 Å². The first-order chi connectivity index (χ1) is 18.0. The molecule has 0 N–H and O–H groups in total. The molecule has 2 aromatic carbocycles. The first kappa shape index (κ1) is 26.4. The second kappa shape index (κ2) is 12.1. The molecule has 1 aliphatic rings. The Kier molecular flexibility index (Phi) is 8.61. The molecule has 3 aromatic rings. The highest BCUT2D eigenvalue weighted by Gasteiger charge is 2.33. The fourth-order valence-electron chi connectivity index (χ4n) is 4.29. The number of allylic oxidation sites excluding steroid dienone is 1. The van der Waals surface area contributed by atoms with Crippen LogP contribution in [0.25, 0.3) is 6.08 Å². The maximum atomic E-state index is 13.8. The van der Waals surface area contributed by atoms with Crippen molar-refractivity contribution in [1.82, 2.24) is 4.57 Å². The summed E-state index contributed by atoms with van der Waals surface area (Å²) in [5, 5.41) is 0. The summed E-state index contributed by atoms with van der Waals surface area (Å²) < 4.78 is 18.9.